The molecule has 2 rings (SSSR count). The fourth-order valence-corrected chi connectivity index (χ4v) is 2.04. The molecule has 5 nitrogen and oxygen atoms in total. The lowest BCUT2D eigenvalue weighted by Gasteiger charge is -2.20. The number of esters is 1. The zero-order valence-corrected chi connectivity index (χ0v) is 14.2. The SMILES string of the molecule is C[C@@H](Oc1ccc(C(C)(C)C)cc1)C(=O)OCC(=O)NC1CC1. The Morgan fingerprint density at radius 3 is 2.35 bits per heavy atom. The molecule has 1 aromatic carbocycles. The van der Waals surface area contributed by atoms with Gasteiger partial charge in [0.15, 0.2) is 12.7 Å². The molecule has 0 heterocycles. The monoisotopic (exact) mass is 319 g/mol. The fraction of sp³-hybridized carbons (Fsp3) is 0.556. The molecular formula is C18H25NO4. The van der Waals surface area contributed by atoms with Crippen molar-refractivity contribution in [3.05, 3.63) is 29.8 Å². The van der Waals surface area contributed by atoms with Crippen LogP contribution in [-0.2, 0) is 19.7 Å². The number of hydrogen-bond donors (Lipinski definition) is 1. The maximum absolute atomic E-state index is 11.9. The van der Waals surface area contributed by atoms with Crippen molar-refractivity contribution in [1.82, 2.24) is 5.32 Å². The number of rotatable bonds is 6. The summed E-state index contributed by atoms with van der Waals surface area (Å²) in [5, 5.41) is 2.76. The van der Waals surface area contributed by atoms with Crippen LogP contribution in [0.2, 0.25) is 0 Å². The normalized spacial score (nSPS) is 15.7. The summed E-state index contributed by atoms with van der Waals surface area (Å²) in [4.78, 5) is 23.3. The van der Waals surface area contributed by atoms with E-state index in [1.807, 2.05) is 24.3 Å². The van der Waals surface area contributed by atoms with E-state index in [1.54, 1.807) is 6.92 Å². The molecule has 1 atom stereocenters. The van der Waals surface area contributed by atoms with E-state index in [2.05, 4.69) is 26.1 Å². The topological polar surface area (TPSA) is 64.6 Å². The fourth-order valence-electron chi connectivity index (χ4n) is 2.04. The van der Waals surface area contributed by atoms with E-state index < -0.39 is 12.1 Å². The zero-order valence-electron chi connectivity index (χ0n) is 14.2. The van der Waals surface area contributed by atoms with Gasteiger partial charge in [0.1, 0.15) is 5.75 Å². The van der Waals surface area contributed by atoms with Crippen molar-refractivity contribution in [1.29, 1.82) is 0 Å². The molecule has 126 valence electrons. The van der Waals surface area contributed by atoms with Crippen LogP contribution < -0.4 is 10.1 Å². The standard InChI is InChI=1S/C18H25NO4/c1-12(17(21)22-11-16(20)19-14-7-8-14)23-15-9-5-13(6-10-15)18(2,3)4/h5-6,9-10,12,14H,7-8,11H2,1-4H3,(H,19,20)/t12-/m1/s1. The minimum absolute atomic E-state index is 0.0675. The number of carbonyl (C=O) groups is 2. The summed E-state index contributed by atoms with van der Waals surface area (Å²) < 4.78 is 10.5. The predicted octanol–water partition coefficient (Wildman–Crippen LogP) is 2.57. The first-order chi connectivity index (χ1) is 10.8. The van der Waals surface area contributed by atoms with Gasteiger partial charge in [-0.2, -0.15) is 0 Å². The molecule has 1 N–H and O–H groups in total. The van der Waals surface area contributed by atoms with Crippen molar-refractivity contribution in [2.45, 2.75) is 58.1 Å². The molecule has 1 aromatic rings. The maximum Gasteiger partial charge on any atom is 0.347 e. The molecule has 0 unspecified atom stereocenters. The van der Waals surface area contributed by atoms with Gasteiger partial charge in [-0.05, 0) is 42.9 Å². The van der Waals surface area contributed by atoms with Crippen LogP contribution in [0.1, 0.15) is 46.1 Å². The summed E-state index contributed by atoms with van der Waals surface area (Å²) in [7, 11) is 0. The first kappa shape index (κ1) is 17.3. The Morgan fingerprint density at radius 1 is 1.22 bits per heavy atom. The third kappa shape index (κ3) is 5.58. The van der Waals surface area contributed by atoms with Crippen molar-refractivity contribution in [2.75, 3.05) is 6.61 Å². The maximum atomic E-state index is 11.9. The van der Waals surface area contributed by atoms with Crippen LogP contribution in [0.4, 0.5) is 0 Å². The van der Waals surface area contributed by atoms with Crippen LogP contribution in [0.15, 0.2) is 24.3 Å². The predicted molar refractivity (Wildman–Crippen MR) is 87.4 cm³/mol. The van der Waals surface area contributed by atoms with E-state index in [4.69, 9.17) is 9.47 Å². The van der Waals surface area contributed by atoms with Crippen molar-refractivity contribution in [3.63, 3.8) is 0 Å². The number of ether oxygens (including phenoxy) is 2. The van der Waals surface area contributed by atoms with Gasteiger partial charge in [0.25, 0.3) is 5.91 Å². The summed E-state index contributed by atoms with van der Waals surface area (Å²) in [6.07, 6.45) is 1.25. The van der Waals surface area contributed by atoms with E-state index in [-0.39, 0.29) is 24.0 Å². The molecular weight excluding hydrogens is 294 g/mol. The van der Waals surface area contributed by atoms with Crippen molar-refractivity contribution >= 4 is 11.9 Å². The molecule has 5 heteroatoms. The van der Waals surface area contributed by atoms with Gasteiger partial charge in [0.2, 0.25) is 0 Å². The minimum Gasteiger partial charge on any atom is -0.479 e. The van der Waals surface area contributed by atoms with Crippen LogP contribution in [0.5, 0.6) is 5.75 Å². The molecule has 1 fully saturated rings. The minimum atomic E-state index is -0.760. The average molecular weight is 319 g/mol. The van der Waals surface area contributed by atoms with E-state index >= 15 is 0 Å². The molecule has 0 aliphatic heterocycles. The largest absolute Gasteiger partial charge is 0.479 e. The van der Waals surface area contributed by atoms with Crippen molar-refractivity contribution in [3.8, 4) is 5.75 Å². The van der Waals surface area contributed by atoms with Crippen LogP contribution >= 0.6 is 0 Å². The van der Waals surface area contributed by atoms with Gasteiger partial charge < -0.3 is 14.8 Å². The number of amides is 1. The van der Waals surface area contributed by atoms with Gasteiger partial charge >= 0.3 is 5.97 Å². The van der Waals surface area contributed by atoms with Crippen LogP contribution in [-0.4, -0.2) is 30.6 Å². The van der Waals surface area contributed by atoms with Crippen molar-refractivity contribution in [2.24, 2.45) is 0 Å². The molecule has 1 amide bonds. The van der Waals surface area contributed by atoms with E-state index in [0.717, 1.165) is 12.8 Å². The molecule has 0 saturated heterocycles. The molecule has 0 aromatic heterocycles. The summed E-state index contributed by atoms with van der Waals surface area (Å²) in [5.41, 5.74) is 1.26. The second kappa shape index (κ2) is 7.02. The second-order valence-electron chi connectivity index (χ2n) is 6.98. The van der Waals surface area contributed by atoms with Crippen LogP contribution in [0, 0.1) is 0 Å². The van der Waals surface area contributed by atoms with Gasteiger partial charge in [0.05, 0.1) is 0 Å². The lowest BCUT2D eigenvalue weighted by Crippen LogP contribution is -2.33. The summed E-state index contributed by atoms with van der Waals surface area (Å²) in [6.45, 7) is 7.76. The van der Waals surface area contributed by atoms with Gasteiger partial charge in [0, 0.05) is 6.04 Å². The van der Waals surface area contributed by atoms with Crippen LogP contribution in [0.25, 0.3) is 0 Å². The van der Waals surface area contributed by atoms with Gasteiger partial charge in [-0.15, -0.1) is 0 Å². The molecule has 0 radical (unpaired) electrons. The van der Waals surface area contributed by atoms with E-state index in [9.17, 15) is 9.59 Å². The van der Waals surface area contributed by atoms with E-state index in [0.29, 0.717) is 5.75 Å². The van der Waals surface area contributed by atoms with E-state index in [1.165, 1.54) is 5.56 Å². The summed E-state index contributed by atoms with van der Waals surface area (Å²) in [5.74, 6) is -0.205. The first-order valence-corrected chi connectivity index (χ1v) is 7.99. The van der Waals surface area contributed by atoms with Gasteiger partial charge in [-0.3, -0.25) is 4.79 Å². The van der Waals surface area contributed by atoms with Crippen LogP contribution in [0.3, 0.4) is 0 Å². The van der Waals surface area contributed by atoms with Gasteiger partial charge in [-0.1, -0.05) is 32.9 Å². The smallest absolute Gasteiger partial charge is 0.347 e. The number of benzene rings is 1. The van der Waals surface area contributed by atoms with Crippen molar-refractivity contribution < 1.29 is 19.1 Å². The number of nitrogens with one attached hydrogen (secondary N) is 1. The lowest BCUT2D eigenvalue weighted by molar-refractivity contribution is -0.154. The lowest BCUT2D eigenvalue weighted by atomic mass is 9.87. The third-order valence-corrected chi connectivity index (χ3v) is 3.65. The molecule has 1 aliphatic rings. The summed E-state index contributed by atoms with van der Waals surface area (Å²) >= 11 is 0. The Balaban J connectivity index is 1.79. The Kier molecular flexibility index (Phi) is 5.29. The first-order valence-electron chi connectivity index (χ1n) is 7.99. The second-order valence-corrected chi connectivity index (χ2v) is 6.98. The number of carbonyl (C=O) groups excluding carboxylic acids is 2. The Labute approximate surface area is 137 Å². The molecule has 0 bridgehead atoms. The molecule has 1 saturated carbocycles. The quantitative estimate of drug-likeness (QED) is 0.819. The highest BCUT2D eigenvalue weighted by Crippen LogP contribution is 2.24. The van der Waals surface area contributed by atoms with Gasteiger partial charge in [-0.25, -0.2) is 4.79 Å². The zero-order chi connectivity index (χ0) is 17.0. The highest BCUT2D eigenvalue weighted by Gasteiger charge is 2.24. The average Bonchev–Trinajstić information content (AvgIpc) is 3.28. The summed E-state index contributed by atoms with van der Waals surface area (Å²) in [6, 6.07) is 7.90. The highest BCUT2D eigenvalue weighted by molar-refractivity contribution is 5.82. The third-order valence-electron chi connectivity index (χ3n) is 3.65. The molecule has 0 spiro atoms. The Hall–Kier alpha value is -2.04. The number of hydrogen-bond acceptors (Lipinski definition) is 4. The highest BCUT2D eigenvalue weighted by atomic mass is 16.6. The molecule has 1 aliphatic carbocycles. The molecule has 23 heavy (non-hydrogen) atoms. The Morgan fingerprint density at radius 2 is 1.83 bits per heavy atom. The Bertz CT molecular complexity index is 555.